The highest BCUT2D eigenvalue weighted by atomic mass is 16.2. The molecule has 0 bridgehead atoms. The number of hydrogen-bond acceptors (Lipinski definition) is 3. The van der Waals surface area contributed by atoms with E-state index < -0.39 is 0 Å². The summed E-state index contributed by atoms with van der Waals surface area (Å²) in [5, 5.41) is 8.40. The van der Waals surface area contributed by atoms with Gasteiger partial charge < -0.3 is 20.9 Å². The normalized spacial score (nSPS) is 18.1. The number of likely N-dealkylation sites (tertiary alicyclic amines) is 1. The predicted molar refractivity (Wildman–Crippen MR) is 132 cm³/mol. The fourth-order valence-electron chi connectivity index (χ4n) is 4.26. The van der Waals surface area contributed by atoms with E-state index in [0.717, 1.165) is 25.1 Å². The van der Waals surface area contributed by atoms with E-state index in [2.05, 4.69) is 29.8 Å². The molecular formula is C26H34N4O3. The molecule has 1 aliphatic rings. The fourth-order valence-corrected chi connectivity index (χ4v) is 4.26. The van der Waals surface area contributed by atoms with Gasteiger partial charge in [0, 0.05) is 41.6 Å². The van der Waals surface area contributed by atoms with Gasteiger partial charge in [0.25, 0.3) is 11.8 Å². The van der Waals surface area contributed by atoms with E-state index in [0.29, 0.717) is 34.3 Å². The van der Waals surface area contributed by atoms with Crippen LogP contribution in [0.1, 0.15) is 60.4 Å². The topological polar surface area (TPSA) is 90.5 Å². The summed E-state index contributed by atoms with van der Waals surface area (Å²) in [6.07, 6.45) is 1.13. The second-order valence-corrected chi connectivity index (χ2v) is 9.47. The summed E-state index contributed by atoms with van der Waals surface area (Å²) in [5.41, 5.74) is 2.96. The number of hydrogen-bond donors (Lipinski definition) is 3. The number of benzene rings is 2. The highest BCUT2D eigenvalue weighted by Crippen LogP contribution is 2.25. The van der Waals surface area contributed by atoms with Gasteiger partial charge in [0.2, 0.25) is 0 Å². The second kappa shape index (κ2) is 10.5. The molecule has 33 heavy (non-hydrogen) atoms. The highest BCUT2D eigenvalue weighted by Gasteiger charge is 2.26. The third kappa shape index (κ3) is 6.57. The summed E-state index contributed by atoms with van der Waals surface area (Å²) in [6, 6.07) is 11.8. The molecule has 0 aromatic heterocycles. The van der Waals surface area contributed by atoms with Crippen molar-refractivity contribution in [2.45, 2.75) is 47.1 Å². The lowest BCUT2D eigenvalue weighted by molar-refractivity contribution is 0.0623. The zero-order valence-electron chi connectivity index (χ0n) is 20.1. The first kappa shape index (κ1) is 24.3. The maximum absolute atomic E-state index is 13.1. The third-order valence-corrected chi connectivity index (χ3v) is 5.69. The number of carbonyl (C=O) groups is 3. The van der Waals surface area contributed by atoms with Gasteiger partial charge in [-0.1, -0.05) is 26.0 Å². The number of aryl methyl sites for hydroxylation is 1. The van der Waals surface area contributed by atoms with Crippen LogP contribution in [0, 0.1) is 18.8 Å². The van der Waals surface area contributed by atoms with E-state index in [1.807, 2.05) is 37.8 Å². The largest absolute Gasteiger partial charge is 0.338 e. The van der Waals surface area contributed by atoms with Crippen molar-refractivity contribution in [2.24, 2.45) is 11.8 Å². The summed E-state index contributed by atoms with van der Waals surface area (Å²) in [4.78, 5) is 39.9. The standard InChI is InChI=1S/C26H34N4O3/c1-16(2)27-26(33)28-22-8-6-7-20(12-22)24(31)29-23-13-21(10-9-19(23)5)25(32)30-14-17(3)11-18(4)15-30/h6-10,12-13,16-18H,11,14-15H2,1-5H3,(H,29,31)(H2,27,28,33). The van der Waals surface area contributed by atoms with Crippen molar-refractivity contribution in [3.63, 3.8) is 0 Å². The Bertz CT molecular complexity index is 1020. The van der Waals surface area contributed by atoms with E-state index >= 15 is 0 Å². The number of rotatable bonds is 5. The number of amides is 4. The Balaban J connectivity index is 1.73. The molecule has 1 heterocycles. The van der Waals surface area contributed by atoms with Crippen molar-refractivity contribution < 1.29 is 14.4 Å². The maximum Gasteiger partial charge on any atom is 0.319 e. The Morgan fingerprint density at radius 1 is 0.939 bits per heavy atom. The van der Waals surface area contributed by atoms with Crippen LogP contribution in [-0.4, -0.2) is 41.9 Å². The predicted octanol–water partition coefficient (Wildman–Crippen LogP) is 4.90. The summed E-state index contributed by atoms with van der Waals surface area (Å²) >= 11 is 0. The minimum Gasteiger partial charge on any atom is -0.338 e. The van der Waals surface area contributed by atoms with Crippen LogP contribution >= 0.6 is 0 Å². The third-order valence-electron chi connectivity index (χ3n) is 5.69. The molecule has 176 valence electrons. The zero-order chi connectivity index (χ0) is 24.1. The molecule has 1 aliphatic heterocycles. The number of nitrogens with one attached hydrogen (secondary N) is 3. The van der Waals surface area contributed by atoms with Crippen molar-refractivity contribution in [1.82, 2.24) is 10.2 Å². The molecule has 3 N–H and O–H groups in total. The Morgan fingerprint density at radius 3 is 2.30 bits per heavy atom. The van der Waals surface area contributed by atoms with Crippen LogP contribution in [0.15, 0.2) is 42.5 Å². The summed E-state index contributed by atoms with van der Waals surface area (Å²) in [5.74, 6) is 0.638. The van der Waals surface area contributed by atoms with Crippen molar-refractivity contribution in [1.29, 1.82) is 0 Å². The number of nitrogens with zero attached hydrogens (tertiary/aromatic N) is 1. The first-order valence-corrected chi connectivity index (χ1v) is 11.5. The smallest absolute Gasteiger partial charge is 0.319 e. The maximum atomic E-state index is 13.1. The number of piperidine rings is 1. The van der Waals surface area contributed by atoms with Crippen LogP contribution in [0.4, 0.5) is 16.2 Å². The molecular weight excluding hydrogens is 416 g/mol. The van der Waals surface area contributed by atoms with Gasteiger partial charge >= 0.3 is 6.03 Å². The molecule has 0 radical (unpaired) electrons. The Kier molecular flexibility index (Phi) is 7.74. The minimum absolute atomic E-state index is 0.00537. The van der Waals surface area contributed by atoms with Crippen molar-refractivity contribution >= 4 is 29.2 Å². The Hall–Kier alpha value is -3.35. The van der Waals surface area contributed by atoms with Crippen LogP contribution in [0.3, 0.4) is 0 Å². The van der Waals surface area contributed by atoms with Crippen LogP contribution < -0.4 is 16.0 Å². The molecule has 2 aromatic rings. The van der Waals surface area contributed by atoms with E-state index in [4.69, 9.17) is 0 Å². The monoisotopic (exact) mass is 450 g/mol. The molecule has 3 rings (SSSR count). The summed E-state index contributed by atoms with van der Waals surface area (Å²) in [6.45, 7) is 11.5. The molecule has 7 nitrogen and oxygen atoms in total. The van der Waals surface area contributed by atoms with Gasteiger partial charge in [-0.3, -0.25) is 9.59 Å². The molecule has 0 aliphatic carbocycles. The van der Waals surface area contributed by atoms with E-state index in [9.17, 15) is 14.4 Å². The first-order chi connectivity index (χ1) is 15.6. The van der Waals surface area contributed by atoms with Gasteiger partial charge in [-0.15, -0.1) is 0 Å². The van der Waals surface area contributed by atoms with Gasteiger partial charge in [0.15, 0.2) is 0 Å². The van der Waals surface area contributed by atoms with Gasteiger partial charge in [-0.25, -0.2) is 4.79 Å². The van der Waals surface area contributed by atoms with Crippen molar-refractivity contribution in [3.8, 4) is 0 Å². The van der Waals surface area contributed by atoms with Crippen LogP contribution in [0.2, 0.25) is 0 Å². The fraction of sp³-hybridized carbons (Fsp3) is 0.423. The molecule has 1 saturated heterocycles. The molecule has 4 amide bonds. The van der Waals surface area contributed by atoms with Crippen LogP contribution in [0.25, 0.3) is 0 Å². The molecule has 0 spiro atoms. The molecule has 2 aromatic carbocycles. The quantitative estimate of drug-likeness (QED) is 0.605. The van der Waals surface area contributed by atoms with Crippen molar-refractivity contribution in [2.75, 3.05) is 23.7 Å². The zero-order valence-corrected chi connectivity index (χ0v) is 20.1. The lowest BCUT2D eigenvalue weighted by Gasteiger charge is -2.35. The Morgan fingerprint density at radius 2 is 1.64 bits per heavy atom. The number of anilines is 2. The molecule has 0 saturated carbocycles. The molecule has 2 atom stereocenters. The average molecular weight is 451 g/mol. The van der Waals surface area contributed by atoms with Gasteiger partial charge in [-0.2, -0.15) is 0 Å². The van der Waals surface area contributed by atoms with E-state index in [1.54, 1.807) is 30.3 Å². The number of urea groups is 1. The highest BCUT2D eigenvalue weighted by molar-refractivity contribution is 6.06. The SMILES string of the molecule is Cc1ccc(C(=O)N2CC(C)CC(C)C2)cc1NC(=O)c1cccc(NC(=O)NC(C)C)c1. The van der Waals surface area contributed by atoms with Gasteiger partial charge in [0.1, 0.15) is 0 Å². The Labute approximate surface area is 195 Å². The number of carbonyl (C=O) groups excluding carboxylic acids is 3. The van der Waals surface area contributed by atoms with Crippen molar-refractivity contribution in [3.05, 3.63) is 59.2 Å². The summed E-state index contributed by atoms with van der Waals surface area (Å²) < 4.78 is 0. The van der Waals surface area contributed by atoms with E-state index in [-0.39, 0.29) is 23.9 Å². The van der Waals surface area contributed by atoms with Gasteiger partial charge in [-0.05, 0) is 74.9 Å². The molecule has 7 heteroatoms. The summed E-state index contributed by atoms with van der Waals surface area (Å²) in [7, 11) is 0. The lowest BCUT2D eigenvalue weighted by Crippen LogP contribution is -2.42. The van der Waals surface area contributed by atoms with Gasteiger partial charge in [0.05, 0.1) is 0 Å². The average Bonchev–Trinajstić information content (AvgIpc) is 2.73. The second-order valence-electron chi connectivity index (χ2n) is 9.47. The van der Waals surface area contributed by atoms with E-state index in [1.165, 1.54) is 0 Å². The molecule has 2 unspecified atom stereocenters. The van der Waals surface area contributed by atoms with Crippen LogP contribution in [-0.2, 0) is 0 Å². The first-order valence-electron chi connectivity index (χ1n) is 11.5. The molecule has 1 fully saturated rings. The lowest BCUT2D eigenvalue weighted by atomic mass is 9.91. The minimum atomic E-state index is -0.328. The van der Waals surface area contributed by atoms with Crippen LogP contribution in [0.5, 0.6) is 0 Å².